The van der Waals surface area contributed by atoms with Gasteiger partial charge in [0.1, 0.15) is 5.58 Å². The Morgan fingerprint density at radius 1 is 0.439 bits per heavy atom. The Labute approximate surface area is 233 Å². The minimum absolute atomic E-state index is 0.315. The number of hydrogen-bond acceptors (Lipinski definition) is 2. The molecule has 9 rings (SSSR count). The summed E-state index contributed by atoms with van der Waals surface area (Å²) >= 11 is 0. The molecule has 0 amide bonds. The number of aromatic nitrogens is 2. The van der Waals surface area contributed by atoms with Crippen LogP contribution in [0.15, 0.2) is 143 Å². The van der Waals surface area contributed by atoms with Crippen LogP contribution in [0.5, 0.6) is 0 Å². The lowest BCUT2D eigenvalue weighted by atomic mass is 10.0. The highest BCUT2D eigenvalue weighted by molar-refractivity contribution is 6.24. The first-order valence-electron chi connectivity index (χ1n) is 13.7. The predicted molar refractivity (Wildman–Crippen MR) is 169 cm³/mol. The fourth-order valence-corrected chi connectivity index (χ4v) is 6.64. The van der Waals surface area contributed by atoms with Crippen molar-refractivity contribution in [2.24, 2.45) is 0 Å². The summed E-state index contributed by atoms with van der Waals surface area (Å²) in [7, 11) is 0. The van der Waals surface area contributed by atoms with Crippen molar-refractivity contribution in [1.82, 2.24) is 9.13 Å². The minimum atomic E-state index is -0.315. The molecule has 0 saturated heterocycles. The van der Waals surface area contributed by atoms with Gasteiger partial charge in [0.25, 0.3) is 0 Å². The molecule has 0 bridgehead atoms. The molecule has 0 aliphatic heterocycles. The summed E-state index contributed by atoms with van der Waals surface area (Å²) in [6.07, 6.45) is 0. The Morgan fingerprint density at radius 2 is 1.05 bits per heavy atom. The highest BCUT2D eigenvalue weighted by Crippen LogP contribution is 2.40. The lowest BCUT2D eigenvalue weighted by molar-refractivity contribution is 0.570. The van der Waals surface area contributed by atoms with E-state index >= 15 is 0 Å². The summed E-state index contributed by atoms with van der Waals surface area (Å²) < 4.78 is 10.5. The topological polar surface area (TPSA) is 40.1 Å². The third-order valence-electron chi connectivity index (χ3n) is 8.35. The zero-order chi connectivity index (χ0) is 27.1. The summed E-state index contributed by atoms with van der Waals surface area (Å²) in [5.74, 6) is 0. The summed E-state index contributed by atoms with van der Waals surface area (Å²) in [4.78, 5) is 12.9. The summed E-state index contributed by atoms with van der Waals surface area (Å²) in [5.41, 5.74) is 6.94. The van der Waals surface area contributed by atoms with Gasteiger partial charge < -0.3 is 13.6 Å². The molecule has 0 unspecified atom stereocenters. The van der Waals surface area contributed by atoms with E-state index in [-0.39, 0.29) is 5.63 Å². The van der Waals surface area contributed by atoms with Gasteiger partial charge in [0, 0.05) is 38.3 Å². The minimum Gasteiger partial charge on any atom is -0.422 e. The molecule has 9 aromatic rings. The van der Waals surface area contributed by atoms with Crippen LogP contribution in [0.4, 0.5) is 0 Å². The van der Waals surface area contributed by atoms with Gasteiger partial charge in [-0.05, 0) is 60.7 Å². The quantitative estimate of drug-likeness (QED) is 0.166. The Morgan fingerprint density at radius 3 is 1.83 bits per heavy atom. The van der Waals surface area contributed by atoms with Gasteiger partial charge in [-0.2, -0.15) is 0 Å². The van der Waals surface area contributed by atoms with Crippen molar-refractivity contribution in [3.8, 4) is 11.4 Å². The third kappa shape index (κ3) is 3.02. The first-order valence-corrected chi connectivity index (χ1v) is 13.7. The molecule has 0 aliphatic rings. The maximum Gasteiger partial charge on any atom is 0.344 e. The monoisotopic (exact) mass is 526 g/mol. The van der Waals surface area contributed by atoms with Crippen LogP contribution in [0, 0.1) is 0 Å². The molecule has 4 heteroatoms. The van der Waals surface area contributed by atoms with Crippen molar-refractivity contribution in [3.05, 3.63) is 144 Å². The van der Waals surface area contributed by atoms with Crippen molar-refractivity contribution in [2.45, 2.75) is 0 Å². The highest BCUT2D eigenvalue weighted by atomic mass is 16.4. The largest absolute Gasteiger partial charge is 0.422 e. The Bertz CT molecular complexity index is 2550. The summed E-state index contributed by atoms with van der Waals surface area (Å²) in [6.45, 7) is 0. The molecule has 41 heavy (non-hydrogen) atoms. The molecule has 0 atom stereocenters. The van der Waals surface area contributed by atoms with Crippen LogP contribution >= 0.6 is 0 Å². The second-order valence-corrected chi connectivity index (χ2v) is 10.5. The molecule has 3 aromatic heterocycles. The van der Waals surface area contributed by atoms with Gasteiger partial charge in [-0.1, -0.05) is 72.8 Å². The van der Waals surface area contributed by atoms with Gasteiger partial charge in [-0.15, -0.1) is 0 Å². The fourth-order valence-electron chi connectivity index (χ4n) is 6.64. The molecule has 0 spiro atoms. The van der Waals surface area contributed by atoms with Crippen LogP contribution in [0.25, 0.3) is 76.7 Å². The molecule has 6 aromatic carbocycles. The lowest BCUT2D eigenvalue weighted by Crippen LogP contribution is -2.01. The Balaban J connectivity index is 1.46. The standard InChI is InChI=1S/C37H22N2O2/c40-37-29-15-5-4-14-27(29)35-34(41-37)21-19-28-25-12-6-9-17-32(25)39(36(28)35)24-18-20-33-30(22-24)26-13-7-8-16-31(26)38(33)23-10-2-1-3-11-23/h1-22H. The van der Waals surface area contributed by atoms with E-state index in [1.54, 1.807) is 0 Å². The number of nitrogens with zero attached hydrogens (tertiary/aromatic N) is 2. The number of para-hydroxylation sites is 3. The number of fused-ring (bicyclic) bond motifs is 10. The van der Waals surface area contributed by atoms with Gasteiger partial charge in [0.15, 0.2) is 0 Å². The van der Waals surface area contributed by atoms with Crippen molar-refractivity contribution in [2.75, 3.05) is 0 Å². The van der Waals surface area contributed by atoms with E-state index in [9.17, 15) is 4.79 Å². The second-order valence-electron chi connectivity index (χ2n) is 10.5. The molecular formula is C37H22N2O2. The SMILES string of the molecule is O=c1oc2ccc3c4ccccc4n(-c4ccc5c(c4)c4ccccc4n5-c4ccccc4)c3c2c2ccccc12. The van der Waals surface area contributed by atoms with Crippen LogP contribution in [-0.2, 0) is 0 Å². The molecule has 0 radical (unpaired) electrons. The number of benzene rings is 6. The van der Waals surface area contributed by atoms with Crippen LogP contribution in [0.2, 0.25) is 0 Å². The van der Waals surface area contributed by atoms with E-state index < -0.39 is 0 Å². The molecule has 0 aliphatic carbocycles. The molecule has 192 valence electrons. The number of rotatable bonds is 2. The summed E-state index contributed by atoms with van der Waals surface area (Å²) in [6, 6.07) is 46.0. The molecule has 0 fully saturated rings. The van der Waals surface area contributed by atoms with E-state index in [2.05, 4.69) is 106 Å². The molecule has 0 saturated carbocycles. The average Bonchev–Trinajstić information content (AvgIpc) is 3.54. The van der Waals surface area contributed by atoms with Crippen LogP contribution in [0.1, 0.15) is 0 Å². The Kier molecular flexibility index (Phi) is 4.44. The zero-order valence-electron chi connectivity index (χ0n) is 21.9. The fraction of sp³-hybridized carbons (Fsp3) is 0. The number of hydrogen-bond donors (Lipinski definition) is 0. The first-order chi connectivity index (χ1) is 20.3. The van der Waals surface area contributed by atoms with Crippen molar-refractivity contribution < 1.29 is 4.42 Å². The predicted octanol–water partition coefficient (Wildman–Crippen LogP) is 9.14. The van der Waals surface area contributed by atoms with Gasteiger partial charge in [-0.3, -0.25) is 0 Å². The van der Waals surface area contributed by atoms with E-state index in [1.165, 1.54) is 16.3 Å². The van der Waals surface area contributed by atoms with Crippen molar-refractivity contribution in [1.29, 1.82) is 0 Å². The average molecular weight is 527 g/mol. The Hall–Kier alpha value is -5.61. The van der Waals surface area contributed by atoms with Gasteiger partial charge in [0.05, 0.1) is 32.8 Å². The lowest BCUT2D eigenvalue weighted by Gasteiger charge is -2.12. The van der Waals surface area contributed by atoms with Gasteiger partial charge in [0.2, 0.25) is 0 Å². The van der Waals surface area contributed by atoms with E-state index in [1.807, 2.05) is 36.4 Å². The third-order valence-corrected chi connectivity index (χ3v) is 8.35. The van der Waals surface area contributed by atoms with Crippen molar-refractivity contribution >= 4 is 65.4 Å². The normalized spacial score (nSPS) is 12.0. The molecule has 0 N–H and O–H groups in total. The second kappa shape index (κ2) is 8.20. The first kappa shape index (κ1) is 22.2. The van der Waals surface area contributed by atoms with Crippen molar-refractivity contribution in [3.63, 3.8) is 0 Å². The van der Waals surface area contributed by atoms with Crippen LogP contribution < -0.4 is 5.63 Å². The van der Waals surface area contributed by atoms with Crippen LogP contribution in [0.3, 0.4) is 0 Å². The highest BCUT2D eigenvalue weighted by Gasteiger charge is 2.20. The maximum absolute atomic E-state index is 12.9. The summed E-state index contributed by atoms with van der Waals surface area (Å²) in [5, 5.41) is 7.10. The zero-order valence-corrected chi connectivity index (χ0v) is 21.9. The molecule has 3 heterocycles. The van der Waals surface area contributed by atoms with E-state index in [0.29, 0.717) is 11.0 Å². The van der Waals surface area contributed by atoms with E-state index in [0.717, 1.165) is 49.5 Å². The van der Waals surface area contributed by atoms with Gasteiger partial charge >= 0.3 is 5.63 Å². The maximum atomic E-state index is 12.9. The van der Waals surface area contributed by atoms with Crippen LogP contribution in [-0.4, -0.2) is 9.13 Å². The molecular weight excluding hydrogens is 504 g/mol. The van der Waals surface area contributed by atoms with E-state index in [4.69, 9.17) is 4.42 Å². The smallest absolute Gasteiger partial charge is 0.344 e. The molecule has 4 nitrogen and oxygen atoms in total. The van der Waals surface area contributed by atoms with Gasteiger partial charge in [-0.25, -0.2) is 4.79 Å².